The molecule has 0 bridgehead atoms. The molecule has 3 amide bonds. The highest BCUT2D eigenvalue weighted by molar-refractivity contribution is 8.01. The Hall–Kier alpha value is -2.02. The fraction of sp³-hybridized carbons (Fsp3) is 0.571. The zero-order chi connectivity index (χ0) is 20.2. The normalized spacial score (nSPS) is 26.0. The minimum absolute atomic E-state index is 0.0397. The Labute approximate surface area is 169 Å². The molecule has 1 saturated carbocycles. The monoisotopic (exact) mass is 401 g/mol. The average molecular weight is 402 g/mol. The van der Waals surface area contributed by atoms with Gasteiger partial charge in [0.2, 0.25) is 11.8 Å². The van der Waals surface area contributed by atoms with E-state index in [1.807, 2.05) is 52.0 Å². The topological polar surface area (TPSA) is 78.5 Å². The van der Waals surface area contributed by atoms with Gasteiger partial charge in [-0.3, -0.25) is 14.4 Å². The highest BCUT2D eigenvalue weighted by Gasteiger charge is 2.57. The van der Waals surface area contributed by atoms with E-state index in [1.54, 1.807) is 16.7 Å². The molecule has 28 heavy (non-hydrogen) atoms. The van der Waals surface area contributed by atoms with Crippen molar-refractivity contribution in [3.63, 3.8) is 0 Å². The van der Waals surface area contributed by atoms with Crippen LogP contribution in [0.4, 0.5) is 0 Å². The zero-order valence-corrected chi connectivity index (χ0v) is 17.5. The molecule has 0 aromatic heterocycles. The van der Waals surface area contributed by atoms with Crippen LogP contribution in [-0.4, -0.2) is 45.5 Å². The Morgan fingerprint density at radius 1 is 1.21 bits per heavy atom. The second-order valence-corrected chi connectivity index (χ2v) is 10.5. The van der Waals surface area contributed by atoms with Crippen LogP contribution >= 0.6 is 11.8 Å². The number of amides is 3. The third kappa shape index (κ3) is 3.19. The summed E-state index contributed by atoms with van der Waals surface area (Å²) in [5.74, 6) is -0.544. The molecule has 0 unspecified atom stereocenters. The van der Waals surface area contributed by atoms with E-state index in [2.05, 4.69) is 10.6 Å². The maximum atomic E-state index is 13.3. The van der Waals surface area contributed by atoms with Crippen LogP contribution in [0.3, 0.4) is 0 Å². The third-order valence-electron chi connectivity index (χ3n) is 5.72. The van der Waals surface area contributed by atoms with Gasteiger partial charge in [-0.1, -0.05) is 32.0 Å². The van der Waals surface area contributed by atoms with Gasteiger partial charge >= 0.3 is 0 Å². The predicted molar refractivity (Wildman–Crippen MR) is 109 cm³/mol. The number of nitrogens with one attached hydrogen (secondary N) is 2. The summed E-state index contributed by atoms with van der Waals surface area (Å²) >= 11 is 1.63. The Kier molecular flexibility index (Phi) is 4.68. The molecular weight excluding hydrogens is 374 g/mol. The van der Waals surface area contributed by atoms with E-state index >= 15 is 0 Å². The van der Waals surface area contributed by atoms with Gasteiger partial charge in [0.1, 0.15) is 17.5 Å². The molecule has 3 atom stereocenters. The molecule has 3 aliphatic rings. The number of thioether (sulfide) groups is 1. The molecule has 0 spiro atoms. The van der Waals surface area contributed by atoms with Crippen molar-refractivity contribution in [3.05, 3.63) is 35.4 Å². The number of carbonyl (C=O) groups is 3. The van der Waals surface area contributed by atoms with Gasteiger partial charge < -0.3 is 15.5 Å². The maximum absolute atomic E-state index is 13.3. The van der Waals surface area contributed by atoms with Gasteiger partial charge in [-0.25, -0.2) is 0 Å². The first kappa shape index (κ1) is 19.3. The summed E-state index contributed by atoms with van der Waals surface area (Å²) in [4.78, 5) is 40.7. The van der Waals surface area contributed by atoms with E-state index in [9.17, 15) is 14.4 Å². The van der Waals surface area contributed by atoms with Crippen molar-refractivity contribution in [2.24, 2.45) is 5.92 Å². The second kappa shape index (κ2) is 6.79. The van der Waals surface area contributed by atoms with Crippen LogP contribution in [0, 0.1) is 5.92 Å². The van der Waals surface area contributed by atoms with Crippen molar-refractivity contribution >= 4 is 29.5 Å². The van der Waals surface area contributed by atoms with Gasteiger partial charge in [0.05, 0.1) is 0 Å². The van der Waals surface area contributed by atoms with Crippen molar-refractivity contribution in [1.82, 2.24) is 15.5 Å². The van der Waals surface area contributed by atoms with Crippen molar-refractivity contribution < 1.29 is 14.4 Å². The van der Waals surface area contributed by atoms with Crippen molar-refractivity contribution in [3.8, 4) is 0 Å². The minimum atomic E-state index is -0.627. The fourth-order valence-corrected chi connectivity index (χ4v) is 5.68. The number of hydrogen-bond donors (Lipinski definition) is 2. The van der Waals surface area contributed by atoms with Crippen LogP contribution < -0.4 is 10.6 Å². The molecule has 1 aliphatic carbocycles. The molecule has 4 rings (SSSR count). The number of rotatable bonds is 5. The standard InChI is InChI=1S/C21H27N3O3S/c1-11(2)15(17(25)22-12-9-10-12)23-18(26)16-21(3,4)28-20-14-8-6-5-7-13(14)19(27)24(16)20/h5-8,11-12,15-16,20H,9-10H2,1-4H3,(H,22,25)(H,23,26)/t15-,16+,20-/m0/s1. The molecule has 2 heterocycles. The highest BCUT2D eigenvalue weighted by Crippen LogP contribution is 2.56. The van der Waals surface area contributed by atoms with Gasteiger partial charge in [-0.15, -0.1) is 11.8 Å². The molecular formula is C21H27N3O3S. The highest BCUT2D eigenvalue weighted by atomic mass is 32.2. The Morgan fingerprint density at radius 3 is 2.54 bits per heavy atom. The maximum Gasteiger partial charge on any atom is 0.256 e. The number of fused-ring (bicyclic) bond motifs is 3. The predicted octanol–water partition coefficient (Wildman–Crippen LogP) is 2.45. The lowest BCUT2D eigenvalue weighted by Gasteiger charge is -2.32. The molecule has 0 radical (unpaired) electrons. The van der Waals surface area contributed by atoms with Crippen LogP contribution in [0.2, 0.25) is 0 Å². The number of carbonyl (C=O) groups excluding carboxylic acids is 3. The molecule has 1 saturated heterocycles. The molecule has 2 N–H and O–H groups in total. The summed E-state index contributed by atoms with van der Waals surface area (Å²) in [7, 11) is 0. The Bertz CT molecular complexity index is 834. The van der Waals surface area contributed by atoms with Crippen LogP contribution in [0.15, 0.2) is 24.3 Å². The van der Waals surface area contributed by atoms with Crippen LogP contribution in [0.1, 0.15) is 61.8 Å². The van der Waals surface area contributed by atoms with Gasteiger partial charge in [0.25, 0.3) is 5.91 Å². The lowest BCUT2D eigenvalue weighted by atomic mass is 9.98. The van der Waals surface area contributed by atoms with Crippen LogP contribution in [0.5, 0.6) is 0 Å². The van der Waals surface area contributed by atoms with Gasteiger partial charge in [-0.2, -0.15) is 0 Å². The smallest absolute Gasteiger partial charge is 0.256 e. The summed E-state index contributed by atoms with van der Waals surface area (Å²) in [6.07, 6.45) is 2.00. The quantitative estimate of drug-likeness (QED) is 0.794. The van der Waals surface area contributed by atoms with Crippen molar-refractivity contribution in [1.29, 1.82) is 0 Å². The van der Waals surface area contributed by atoms with Gasteiger partial charge in [0.15, 0.2) is 0 Å². The first-order valence-electron chi connectivity index (χ1n) is 9.91. The van der Waals surface area contributed by atoms with E-state index in [1.165, 1.54) is 0 Å². The summed E-state index contributed by atoms with van der Waals surface area (Å²) < 4.78 is -0.452. The Balaban J connectivity index is 1.57. The first-order valence-corrected chi connectivity index (χ1v) is 10.8. The molecule has 150 valence electrons. The molecule has 7 heteroatoms. The summed E-state index contributed by atoms with van der Waals surface area (Å²) in [5, 5.41) is 5.77. The lowest BCUT2D eigenvalue weighted by molar-refractivity contribution is -0.132. The van der Waals surface area contributed by atoms with Gasteiger partial charge in [0, 0.05) is 16.4 Å². The number of benzene rings is 1. The second-order valence-electron chi connectivity index (χ2n) is 8.79. The van der Waals surface area contributed by atoms with Crippen molar-refractivity contribution in [2.75, 3.05) is 0 Å². The third-order valence-corrected chi connectivity index (χ3v) is 7.25. The minimum Gasteiger partial charge on any atom is -0.352 e. The average Bonchev–Trinajstić information content (AvgIpc) is 3.34. The molecule has 6 nitrogen and oxygen atoms in total. The molecule has 2 fully saturated rings. The van der Waals surface area contributed by atoms with E-state index in [0.717, 1.165) is 18.4 Å². The molecule has 2 aliphatic heterocycles. The summed E-state index contributed by atoms with van der Waals surface area (Å²) in [5.41, 5.74) is 1.63. The largest absolute Gasteiger partial charge is 0.352 e. The lowest BCUT2D eigenvalue weighted by Crippen LogP contribution is -2.58. The van der Waals surface area contributed by atoms with Crippen LogP contribution in [0.25, 0.3) is 0 Å². The summed E-state index contributed by atoms with van der Waals surface area (Å²) in [6, 6.07) is 6.56. The van der Waals surface area contributed by atoms with E-state index in [4.69, 9.17) is 0 Å². The van der Waals surface area contributed by atoms with Crippen LogP contribution in [-0.2, 0) is 9.59 Å². The molecule has 1 aromatic rings. The zero-order valence-electron chi connectivity index (χ0n) is 16.7. The SMILES string of the molecule is CC(C)[C@H](NC(=O)[C@H]1N2C(=O)c3ccccc3[C@@H]2SC1(C)C)C(=O)NC1CC1. The van der Waals surface area contributed by atoms with Gasteiger partial charge in [-0.05, 0) is 44.2 Å². The number of hydrogen-bond acceptors (Lipinski definition) is 4. The molecule has 1 aromatic carbocycles. The number of nitrogens with zero attached hydrogens (tertiary/aromatic N) is 1. The fourth-order valence-electron chi connectivity index (χ4n) is 4.09. The van der Waals surface area contributed by atoms with E-state index < -0.39 is 16.8 Å². The van der Waals surface area contributed by atoms with Crippen molar-refractivity contribution in [2.45, 2.75) is 68.8 Å². The summed E-state index contributed by atoms with van der Waals surface area (Å²) in [6.45, 7) is 7.83. The van der Waals surface area contributed by atoms with E-state index in [-0.39, 0.29) is 35.1 Å². The van der Waals surface area contributed by atoms with E-state index in [0.29, 0.717) is 5.56 Å². The Morgan fingerprint density at radius 2 is 1.89 bits per heavy atom. The first-order chi connectivity index (χ1) is 13.2.